The summed E-state index contributed by atoms with van der Waals surface area (Å²) in [5.41, 5.74) is 0.816. The second-order valence-corrected chi connectivity index (χ2v) is 5.79. The fourth-order valence-corrected chi connectivity index (χ4v) is 2.45. The molecule has 0 aliphatic carbocycles. The van der Waals surface area contributed by atoms with Gasteiger partial charge in [0.25, 0.3) is 0 Å². The van der Waals surface area contributed by atoms with Crippen LogP contribution in [-0.4, -0.2) is 26.2 Å². The van der Waals surface area contributed by atoms with Gasteiger partial charge in [0.15, 0.2) is 0 Å². The van der Waals surface area contributed by atoms with Gasteiger partial charge in [-0.05, 0) is 31.5 Å². The van der Waals surface area contributed by atoms with E-state index in [1.807, 2.05) is 0 Å². The van der Waals surface area contributed by atoms with Crippen LogP contribution in [0.3, 0.4) is 0 Å². The predicted molar refractivity (Wildman–Crippen MR) is 63.1 cm³/mol. The molecule has 16 heavy (non-hydrogen) atoms. The molecule has 0 bridgehead atoms. The summed E-state index contributed by atoms with van der Waals surface area (Å²) in [6, 6.07) is 4.51. The zero-order chi connectivity index (χ0) is 12.3. The largest absolute Gasteiger partial charge is 0.392 e. The summed E-state index contributed by atoms with van der Waals surface area (Å²) in [7, 11) is -3.59. The number of hydrogen-bond acceptors (Lipinski definition) is 3. The summed E-state index contributed by atoms with van der Waals surface area (Å²) in [5, 5.41) is 9.41. The van der Waals surface area contributed by atoms with Crippen LogP contribution in [0.1, 0.15) is 12.5 Å². The molecule has 2 N–H and O–H groups in total. The Morgan fingerprint density at radius 1 is 1.50 bits per heavy atom. The third-order valence-electron chi connectivity index (χ3n) is 2.02. The van der Waals surface area contributed by atoms with Gasteiger partial charge in [-0.25, -0.2) is 13.1 Å². The van der Waals surface area contributed by atoms with E-state index < -0.39 is 16.1 Å². The summed E-state index contributed by atoms with van der Waals surface area (Å²) in [5.74, 6) is 0. The monoisotopic (exact) mass is 263 g/mol. The third-order valence-corrected chi connectivity index (χ3v) is 3.85. The molecular weight excluding hydrogens is 250 g/mol. The molecule has 1 atom stereocenters. The Morgan fingerprint density at radius 2 is 2.12 bits per heavy atom. The molecule has 1 rings (SSSR count). The minimum Gasteiger partial charge on any atom is -0.392 e. The highest BCUT2D eigenvalue weighted by molar-refractivity contribution is 7.89. The molecule has 0 heterocycles. The van der Waals surface area contributed by atoms with E-state index >= 15 is 0 Å². The molecule has 0 saturated heterocycles. The van der Waals surface area contributed by atoms with Crippen LogP contribution in [-0.2, 0) is 10.0 Å². The number of sulfonamides is 1. The lowest BCUT2D eigenvalue weighted by Gasteiger charge is -2.09. The Morgan fingerprint density at radius 3 is 2.62 bits per heavy atom. The van der Waals surface area contributed by atoms with Gasteiger partial charge in [-0.1, -0.05) is 17.7 Å². The summed E-state index contributed by atoms with van der Waals surface area (Å²) in [4.78, 5) is 0.101. The Bertz CT molecular complexity index is 471. The normalized spacial score (nSPS) is 13.8. The Kier molecular flexibility index (Phi) is 4.32. The molecule has 90 valence electrons. The zero-order valence-corrected chi connectivity index (χ0v) is 10.6. The van der Waals surface area contributed by atoms with Crippen molar-refractivity contribution in [3.63, 3.8) is 0 Å². The maximum absolute atomic E-state index is 11.7. The number of rotatable bonds is 4. The van der Waals surface area contributed by atoms with E-state index in [9.17, 15) is 8.42 Å². The maximum Gasteiger partial charge on any atom is 0.240 e. The van der Waals surface area contributed by atoms with Crippen molar-refractivity contribution in [3.05, 3.63) is 28.8 Å². The van der Waals surface area contributed by atoms with Gasteiger partial charge in [0, 0.05) is 11.6 Å². The van der Waals surface area contributed by atoms with Crippen LogP contribution in [0.25, 0.3) is 0 Å². The minimum absolute atomic E-state index is 0.0200. The van der Waals surface area contributed by atoms with Gasteiger partial charge in [0.05, 0.1) is 11.0 Å². The first kappa shape index (κ1) is 13.4. The highest BCUT2D eigenvalue weighted by atomic mass is 35.5. The first-order valence-corrected chi connectivity index (χ1v) is 6.63. The van der Waals surface area contributed by atoms with Gasteiger partial charge in [-0.3, -0.25) is 0 Å². The van der Waals surface area contributed by atoms with Crippen molar-refractivity contribution in [3.8, 4) is 0 Å². The topological polar surface area (TPSA) is 66.4 Å². The average Bonchev–Trinajstić information content (AvgIpc) is 2.19. The van der Waals surface area contributed by atoms with E-state index in [4.69, 9.17) is 16.7 Å². The SMILES string of the molecule is Cc1ccc(S(=O)(=O)NC[C@H](C)O)cc1Cl. The molecule has 1 aromatic rings. The van der Waals surface area contributed by atoms with Crippen molar-refractivity contribution >= 4 is 21.6 Å². The van der Waals surface area contributed by atoms with Crippen LogP contribution in [0.4, 0.5) is 0 Å². The number of aryl methyl sites for hydroxylation is 1. The van der Waals surface area contributed by atoms with Gasteiger partial charge in [-0.2, -0.15) is 0 Å². The summed E-state index contributed by atoms with van der Waals surface area (Å²) in [6.45, 7) is 3.28. The van der Waals surface area contributed by atoms with Crippen molar-refractivity contribution in [2.45, 2.75) is 24.8 Å². The molecule has 1 aromatic carbocycles. The van der Waals surface area contributed by atoms with E-state index in [1.165, 1.54) is 19.1 Å². The van der Waals surface area contributed by atoms with Crippen LogP contribution in [0.5, 0.6) is 0 Å². The molecule has 0 amide bonds. The van der Waals surface area contributed by atoms with Gasteiger partial charge < -0.3 is 5.11 Å². The molecule has 0 aliphatic rings. The second kappa shape index (κ2) is 5.14. The van der Waals surface area contributed by atoms with Crippen LogP contribution in [0.2, 0.25) is 5.02 Å². The van der Waals surface area contributed by atoms with Crippen LogP contribution in [0.15, 0.2) is 23.1 Å². The fourth-order valence-electron chi connectivity index (χ4n) is 1.05. The van der Waals surface area contributed by atoms with Crippen molar-refractivity contribution < 1.29 is 13.5 Å². The van der Waals surface area contributed by atoms with Crippen LogP contribution >= 0.6 is 11.6 Å². The quantitative estimate of drug-likeness (QED) is 0.861. The molecule has 0 aromatic heterocycles. The van der Waals surface area contributed by atoms with E-state index in [1.54, 1.807) is 13.0 Å². The lowest BCUT2D eigenvalue weighted by Crippen LogP contribution is -2.30. The maximum atomic E-state index is 11.7. The number of benzene rings is 1. The van der Waals surface area contributed by atoms with Crippen molar-refractivity contribution in [2.75, 3.05) is 6.54 Å². The zero-order valence-electron chi connectivity index (χ0n) is 9.07. The molecular formula is C10H14ClNO3S. The second-order valence-electron chi connectivity index (χ2n) is 3.61. The lowest BCUT2D eigenvalue weighted by atomic mass is 10.2. The Labute approximate surface area is 100 Å². The van der Waals surface area contributed by atoms with Crippen molar-refractivity contribution in [1.29, 1.82) is 0 Å². The molecule has 4 nitrogen and oxygen atoms in total. The van der Waals surface area contributed by atoms with Crippen molar-refractivity contribution in [1.82, 2.24) is 4.72 Å². The van der Waals surface area contributed by atoms with E-state index in [0.29, 0.717) is 5.02 Å². The van der Waals surface area contributed by atoms with Crippen LogP contribution in [0, 0.1) is 6.92 Å². The number of aliphatic hydroxyl groups is 1. The van der Waals surface area contributed by atoms with Gasteiger partial charge in [-0.15, -0.1) is 0 Å². The van der Waals surface area contributed by atoms with Gasteiger partial charge in [0.2, 0.25) is 10.0 Å². The average molecular weight is 264 g/mol. The number of hydrogen-bond donors (Lipinski definition) is 2. The van der Waals surface area contributed by atoms with Crippen LogP contribution < -0.4 is 4.72 Å². The van der Waals surface area contributed by atoms with E-state index in [2.05, 4.69) is 4.72 Å². The fraction of sp³-hybridized carbons (Fsp3) is 0.400. The smallest absolute Gasteiger partial charge is 0.240 e. The highest BCUT2D eigenvalue weighted by Gasteiger charge is 2.15. The molecule has 0 aliphatic heterocycles. The summed E-state index contributed by atoms with van der Waals surface area (Å²) < 4.78 is 25.7. The molecule has 0 saturated carbocycles. The van der Waals surface area contributed by atoms with E-state index in [0.717, 1.165) is 5.56 Å². The molecule has 6 heteroatoms. The van der Waals surface area contributed by atoms with Gasteiger partial charge in [0.1, 0.15) is 0 Å². The third kappa shape index (κ3) is 3.45. The first-order valence-electron chi connectivity index (χ1n) is 4.77. The Balaban J connectivity index is 2.94. The standard InChI is InChI=1S/C10H14ClNO3S/c1-7-3-4-9(5-10(7)11)16(14,15)12-6-8(2)13/h3-5,8,12-13H,6H2,1-2H3/t8-/m0/s1. The minimum atomic E-state index is -3.59. The molecule has 0 fully saturated rings. The van der Waals surface area contributed by atoms with Gasteiger partial charge >= 0.3 is 0 Å². The number of aliphatic hydroxyl groups excluding tert-OH is 1. The number of halogens is 1. The lowest BCUT2D eigenvalue weighted by molar-refractivity contribution is 0.198. The molecule has 0 unspecified atom stereocenters. The highest BCUT2D eigenvalue weighted by Crippen LogP contribution is 2.19. The first-order chi connectivity index (χ1) is 7.33. The predicted octanol–water partition coefficient (Wildman–Crippen LogP) is 1.31. The number of nitrogens with one attached hydrogen (secondary N) is 1. The Hall–Kier alpha value is -0.620. The van der Waals surface area contributed by atoms with E-state index in [-0.39, 0.29) is 11.4 Å². The summed E-state index contributed by atoms with van der Waals surface area (Å²) in [6.07, 6.45) is -0.726. The molecule has 0 spiro atoms. The molecule has 0 radical (unpaired) electrons. The van der Waals surface area contributed by atoms with Crippen molar-refractivity contribution in [2.24, 2.45) is 0 Å². The summed E-state index contributed by atoms with van der Waals surface area (Å²) >= 11 is 5.84.